The summed E-state index contributed by atoms with van der Waals surface area (Å²) in [5.41, 5.74) is 0.656. The maximum Gasteiger partial charge on any atom is 0.422 e. The number of nitrogens with zero attached hydrogens (tertiary/aromatic N) is 3. The van der Waals surface area contributed by atoms with Gasteiger partial charge in [-0.1, -0.05) is 23.7 Å². The molecule has 1 aliphatic rings. The summed E-state index contributed by atoms with van der Waals surface area (Å²) in [4.78, 5) is 60.3. The molecule has 1 fully saturated rings. The van der Waals surface area contributed by atoms with Crippen LogP contribution in [0.5, 0.6) is 6.01 Å². The lowest BCUT2D eigenvalue weighted by atomic mass is 10.1. The monoisotopic (exact) mass is 694 g/mol. The molecule has 48 heavy (non-hydrogen) atoms. The molecule has 1 aromatic heterocycles. The molecule has 0 unspecified atom stereocenters. The minimum Gasteiger partial charge on any atom is -0.480 e. The van der Waals surface area contributed by atoms with Gasteiger partial charge in [0.2, 0.25) is 11.9 Å². The number of anilines is 3. The number of carbonyl (C=O) groups is 4. The Bertz CT molecular complexity index is 1620. The molecule has 0 saturated heterocycles. The van der Waals surface area contributed by atoms with Gasteiger partial charge in [0.05, 0.1) is 12.1 Å². The average Bonchev–Trinajstić information content (AvgIpc) is 3.82. The summed E-state index contributed by atoms with van der Waals surface area (Å²) >= 11 is 6.00. The van der Waals surface area contributed by atoms with Crippen LogP contribution in [-0.4, -0.2) is 89.4 Å². The van der Waals surface area contributed by atoms with Crippen LogP contribution in [-0.2, 0) is 24.7 Å². The molecule has 6 N–H and O–H groups in total. The van der Waals surface area contributed by atoms with Crippen LogP contribution in [0.15, 0.2) is 48.5 Å². The number of nitrogens with one attached hydrogen (secondary N) is 5. The first-order chi connectivity index (χ1) is 22.8. The number of hydrogen-bond acceptors (Lipinski definition) is 11. The second-order valence-corrected chi connectivity index (χ2v) is 10.8. The highest BCUT2D eigenvalue weighted by Gasteiger charge is 2.45. The summed E-state index contributed by atoms with van der Waals surface area (Å²) in [6, 6.07) is 10.4. The fraction of sp³-hybridized carbons (Fsp3) is 0.345. The van der Waals surface area contributed by atoms with Crippen molar-refractivity contribution in [2.24, 2.45) is 0 Å². The maximum absolute atomic E-state index is 12.9. The van der Waals surface area contributed by atoms with Crippen LogP contribution < -0.4 is 31.3 Å². The smallest absolute Gasteiger partial charge is 0.422 e. The summed E-state index contributed by atoms with van der Waals surface area (Å²) in [6.07, 6.45) is -3.25. The molecule has 19 heteroatoms. The second-order valence-electron chi connectivity index (χ2n) is 10.4. The molecular formula is C29H30ClF3N8O7. The van der Waals surface area contributed by atoms with Gasteiger partial charge in [0.15, 0.2) is 6.61 Å². The molecule has 1 aliphatic carbocycles. The lowest BCUT2D eigenvalue weighted by Gasteiger charge is -2.19. The standard InChI is InChI=1S/C29H30ClF3N8O7/c1-47-13-12-34-22(43)23(44)35-14-20(24(45)46)37-21(42)16-2-8-19(9-3-16)36-25-38-26(40-27(39-25)48-15-29(31,32)33)41-28(10-11-28)17-4-6-18(30)7-5-17/h2-9,20H,10-15H2,1H3,(H,34,43)(H,35,44)(H,37,42)(H,45,46)(H2,36,38,39,40,41)/t20-/m0/s1. The fourth-order valence-corrected chi connectivity index (χ4v) is 4.30. The zero-order valence-electron chi connectivity index (χ0n) is 25.2. The Hall–Kier alpha value is -5.23. The summed E-state index contributed by atoms with van der Waals surface area (Å²) < 4.78 is 48.2. The molecule has 15 nitrogen and oxygen atoms in total. The van der Waals surface area contributed by atoms with Gasteiger partial charge >= 0.3 is 30.0 Å². The number of halogens is 4. The molecule has 0 aliphatic heterocycles. The maximum atomic E-state index is 12.9. The summed E-state index contributed by atoms with van der Waals surface area (Å²) in [6.45, 7) is -1.98. The number of aliphatic carboxylic acids is 1. The molecule has 1 saturated carbocycles. The van der Waals surface area contributed by atoms with E-state index in [9.17, 15) is 37.5 Å². The van der Waals surface area contributed by atoms with Gasteiger partial charge in [-0.3, -0.25) is 14.4 Å². The van der Waals surface area contributed by atoms with E-state index in [4.69, 9.17) is 21.1 Å². The predicted molar refractivity (Wildman–Crippen MR) is 164 cm³/mol. The van der Waals surface area contributed by atoms with Crippen molar-refractivity contribution in [3.63, 3.8) is 0 Å². The highest BCUT2D eigenvalue weighted by molar-refractivity contribution is 6.35. The summed E-state index contributed by atoms with van der Waals surface area (Å²) in [5, 5.41) is 22.7. The molecule has 0 bridgehead atoms. The third kappa shape index (κ3) is 10.4. The van der Waals surface area contributed by atoms with Gasteiger partial charge in [0, 0.05) is 36.5 Å². The molecule has 0 radical (unpaired) electrons. The van der Waals surface area contributed by atoms with E-state index in [2.05, 4.69) is 41.5 Å². The number of hydrogen-bond donors (Lipinski definition) is 6. The SMILES string of the molecule is COCCNC(=O)C(=O)NC[C@H](NC(=O)c1ccc(Nc2nc(NC3(c4ccc(Cl)cc4)CC3)nc(OCC(F)(F)F)n2)cc1)C(=O)O. The lowest BCUT2D eigenvalue weighted by molar-refractivity contribution is -0.154. The Kier molecular flexibility index (Phi) is 11.6. The Balaban J connectivity index is 1.42. The Labute approximate surface area is 276 Å². The van der Waals surface area contributed by atoms with E-state index in [1.165, 1.54) is 31.4 Å². The van der Waals surface area contributed by atoms with E-state index >= 15 is 0 Å². The van der Waals surface area contributed by atoms with Gasteiger partial charge in [-0.05, 0) is 54.8 Å². The number of carboxylic acid groups (broad SMARTS) is 1. The summed E-state index contributed by atoms with van der Waals surface area (Å²) in [7, 11) is 1.41. The number of methoxy groups -OCH3 is 1. The molecule has 2 aromatic carbocycles. The molecule has 0 spiro atoms. The minimum absolute atomic E-state index is 0.0290. The van der Waals surface area contributed by atoms with Crippen LogP contribution in [0.4, 0.5) is 30.8 Å². The van der Waals surface area contributed by atoms with Crippen LogP contribution in [0.3, 0.4) is 0 Å². The normalized spacial score (nSPS) is 13.9. The number of benzene rings is 2. The Morgan fingerprint density at radius 2 is 1.60 bits per heavy atom. The third-order valence-corrected chi connectivity index (χ3v) is 7.00. The van der Waals surface area contributed by atoms with Crippen molar-refractivity contribution in [1.29, 1.82) is 0 Å². The van der Waals surface area contributed by atoms with E-state index < -0.39 is 60.6 Å². The number of carbonyl (C=O) groups excluding carboxylic acids is 3. The molecule has 3 amide bonds. The number of carboxylic acids is 1. The third-order valence-electron chi connectivity index (χ3n) is 6.75. The number of rotatable bonds is 15. The molecule has 4 rings (SSSR count). The van der Waals surface area contributed by atoms with Crippen molar-refractivity contribution in [1.82, 2.24) is 30.9 Å². The van der Waals surface area contributed by atoms with E-state index in [-0.39, 0.29) is 30.6 Å². The zero-order chi connectivity index (χ0) is 34.9. The van der Waals surface area contributed by atoms with Crippen molar-refractivity contribution in [2.75, 3.05) is 44.0 Å². The number of aromatic nitrogens is 3. The largest absolute Gasteiger partial charge is 0.480 e. The van der Waals surface area contributed by atoms with Gasteiger partial charge in [0.1, 0.15) is 6.04 Å². The topological polar surface area (TPSA) is 206 Å². The second kappa shape index (κ2) is 15.6. The van der Waals surface area contributed by atoms with Gasteiger partial charge < -0.3 is 41.2 Å². The lowest BCUT2D eigenvalue weighted by Crippen LogP contribution is -2.51. The van der Waals surface area contributed by atoms with Gasteiger partial charge in [-0.2, -0.15) is 28.1 Å². The van der Waals surface area contributed by atoms with Crippen LogP contribution in [0.2, 0.25) is 5.02 Å². The van der Waals surface area contributed by atoms with Gasteiger partial charge in [0.25, 0.3) is 5.91 Å². The minimum atomic E-state index is -4.64. The summed E-state index contributed by atoms with van der Waals surface area (Å²) in [5.74, 6) is -4.58. The average molecular weight is 695 g/mol. The first-order valence-electron chi connectivity index (χ1n) is 14.2. The molecular weight excluding hydrogens is 665 g/mol. The van der Waals surface area contributed by atoms with Crippen molar-refractivity contribution in [3.8, 4) is 6.01 Å². The van der Waals surface area contributed by atoms with Crippen molar-refractivity contribution in [2.45, 2.75) is 30.6 Å². The molecule has 256 valence electrons. The van der Waals surface area contributed by atoms with E-state index in [0.717, 1.165) is 5.56 Å². The van der Waals surface area contributed by atoms with Crippen molar-refractivity contribution >= 4 is 52.9 Å². The Morgan fingerprint density at radius 3 is 2.21 bits per heavy atom. The van der Waals surface area contributed by atoms with Crippen LogP contribution in [0, 0.1) is 0 Å². The zero-order valence-corrected chi connectivity index (χ0v) is 25.9. The van der Waals surface area contributed by atoms with Gasteiger partial charge in [-0.15, -0.1) is 0 Å². The fourth-order valence-electron chi connectivity index (χ4n) is 4.17. The quantitative estimate of drug-likeness (QED) is 0.100. The first kappa shape index (κ1) is 35.6. The van der Waals surface area contributed by atoms with E-state index in [1.807, 2.05) is 12.1 Å². The van der Waals surface area contributed by atoms with Crippen molar-refractivity contribution in [3.05, 3.63) is 64.7 Å². The number of amides is 3. The van der Waals surface area contributed by atoms with Crippen LogP contribution >= 0.6 is 11.6 Å². The highest BCUT2D eigenvalue weighted by atomic mass is 35.5. The van der Waals surface area contributed by atoms with Crippen LogP contribution in [0.25, 0.3) is 0 Å². The highest BCUT2D eigenvalue weighted by Crippen LogP contribution is 2.48. The molecule has 1 heterocycles. The number of alkyl halides is 3. The Morgan fingerprint density at radius 1 is 0.958 bits per heavy atom. The van der Waals surface area contributed by atoms with E-state index in [1.54, 1.807) is 12.1 Å². The van der Waals surface area contributed by atoms with Gasteiger partial charge in [-0.25, -0.2) is 4.79 Å². The van der Waals surface area contributed by atoms with Crippen molar-refractivity contribution < 1.29 is 46.9 Å². The van der Waals surface area contributed by atoms with Crippen LogP contribution in [0.1, 0.15) is 28.8 Å². The molecule has 3 aromatic rings. The number of ether oxygens (including phenoxy) is 2. The predicted octanol–water partition coefficient (Wildman–Crippen LogP) is 2.37. The molecule has 1 atom stereocenters. The van der Waals surface area contributed by atoms with E-state index in [0.29, 0.717) is 23.6 Å². The first-order valence-corrected chi connectivity index (χ1v) is 14.6.